The van der Waals surface area contributed by atoms with Crippen molar-refractivity contribution in [1.29, 1.82) is 0 Å². The Morgan fingerprint density at radius 2 is 1.95 bits per heavy atom. The van der Waals surface area contributed by atoms with Crippen LogP contribution >= 0.6 is 11.6 Å². The van der Waals surface area contributed by atoms with Crippen LogP contribution in [0.2, 0.25) is 0 Å². The van der Waals surface area contributed by atoms with E-state index in [1.165, 1.54) is 0 Å². The predicted molar refractivity (Wildman–Crippen MR) is 85.3 cm³/mol. The van der Waals surface area contributed by atoms with Crippen molar-refractivity contribution in [3.63, 3.8) is 0 Å². The molecule has 0 saturated carbocycles. The second kappa shape index (κ2) is 5.78. The van der Waals surface area contributed by atoms with Crippen LogP contribution in [-0.2, 0) is 12.3 Å². The van der Waals surface area contributed by atoms with Crippen LogP contribution in [0.25, 0.3) is 5.65 Å². The lowest BCUT2D eigenvalue weighted by atomic mass is 10.1. The van der Waals surface area contributed by atoms with Crippen molar-refractivity contribution >= 4 is 17.2 Å². The van der Waals surface area contributed by atoms with Crippen LogP contribution in [-0.4, -0.2) is 16.5 Å². The number of imidazole rings is 1. The first-order chi connectivity index (χ1) is 10.2. The van der Waals surface area contributed by atoms with Crippen LogP contribution in [0.5, 0.6) is 5.75 Å². The number of para-hydroxylation sites is 1. The van der Waals surface area contributed by atoms with Crippen molar-refractivity contribution in [2.24, 2.45) is 0 Å². The van der Waals surface area contributed by atoms with Crippen LogP contribution < -0.4 is 4.74 Å². The average Bonchev–Trinajstić information content (AvgIpc) is 2.86. The van der Waals surface area contributed by atoms with Gasteiger partial charge in [0.25, 0.3) is 0 Å². The molecule has 0 bridgehead atoms. The van der Waals surface area contributed by atoms with Crippen molar-refractivity contribution in [2.45, 2.75) is 19.2 Å². The summed E-state index contributed by atoms with van der Waals surface area (Å²) in [6.45, 7) is 2.07. The van der Waals surface area contributed by atoms with Crippen LogP contribution in [0.3, 0.4) is 0 Å². The third-order valence-electron chi connectivity index (χ3n) is 3.69. The topological polar surface area (TPSA) is 26.5 Å². The lowest BCUT2D eigenvalue weighted by Crippen LogP contribution is -1.99. The molecule has 0 aliphatic rings. The van der Waals surface area contributed by atoms with Gasteiger partial charge in [0.2, 0.25) is 0 Å². The molecule has 0 fully saturated rings. The zero-order chi connectivity index (χ0) is 14.8. The Morgan fingerprint density at radius 3 is 2.71 bits per heavy atom. The highest BCUT2D eigenvalue weighted by Gasteiger charge is 2.14. The van der Waals surface area contributed by atoms with Gasteiger partial charge in [0, 0.05) is 17.7 Å². The maximum Gasteiger partial charge on any atom is 0.137 e. The highest BCUT2D eigenvalue weighted by Crippen LogP contribution is 2.24. The Balaban J connectivity index is 2.10. The van der Waals surface area contributed by atoms with Crippen LogP contribution in [0.1, 0.15) is 22.6 Å². The van der Waals surface area contributed by atoms with Gasteiger partial charge in [0.1, 0.15) is 11.4 Å². The number of ether oxygens (including phenoxy) is 1. The summed E-state index contributed by atoms with van der Waals surface area (Å²) in [5, 5.41) is 0. The van der Waals surface area contributed by atoms with Gasteiger partial charge in [-0.15, -0.1) is 11.6 Å². The maximum absolute atomic E-state index is 6.17. The molecule has 1 aromatic carbocycles. The smallest absolute Gasteiger partial charge is 0.137 e. The molecule has 2 heterocycles. The van der Waals surface area contributed by atoms with Crippen LogP contribution in [0.15, 0.2) is 42.5 Å². The Kier molecular flexibility index (Phi) is 3.84. The zero-order valence-electron chi connectivity index (χ0n) is 12.1. The first kappa shape index (κ1) is 14.0. The second-order valence-electron chi connectivity index (χ2n) is 4.99. The highest BCUT2D eigenvalue weighted by atomic mass is 35.5. The largest absolute Gasteiger partial charge is 0.496 e. The molecular weight excluding hydrogens is 284 g/mol. The highest BCUT2D eigenvalue weighted by molar-refractivity contribution is 6.17. The third kappa shape index (κ3) is 2.49. The van der Waals surface area contributed by atoms with Gasteiger partial charge >= 0.3 is 0 Å². The van der Waals surface area contributed by atoms with Gasteiger partial charge in [-0.25, -0.2) is 4.98 Å². The van der Waals surface area contributed by atoms with Crippen LogP contribution in [0, 0.1) is 6.92 Å². The fourth-order valence-corrected chi connectivity index (χ4v) is 2.96. The molecule has 0 N–H and O–H groups in total. The molecule has 0 atom stereocenters. The van der Waals surface area contributed by atoms with E-state index in [1.807, 2.05) is 30.3 Å². The Labute approximate surface area is 129 Å². The lowest BCUT2D eigenvalue weighted by Gasteiger charge is -2.08. The van der Waals surface area contributed by atoms with Gasteiger partial charge in [-0.1, -0.05) is 24.3 Å². The SMILES string of the molecule is COc1ccccc1Cc1nc2cccc(C)n2c1CCl. The quantitative estimate of drug-likeness (QED) is 0.681. The molecule has 0 saturated heterocycles. The van der Waals surface area contributed by atoms with E-state index >= 15 is 0 Å². The number of methoxy groups -OCH3 is 1. The summed E-state index contributed by atoms with van der Waals surface area (Å²) >= 11 is 6.17. The third-order valence-corrected chi connectivity index (χ3v) is 3.95. The molecule has 0 unspecified atom stereocenters. The predicted octanol–water partition coefficient (Wildman–Crippen LogP) is 3.98. The number of alkyl halides is 1. The summed E-state index contributed by atoms with van der Waals surface area (Å²) in [6, 6.07) is 14.1. The van der Waals surface area contributed by atoms with E-state index in [1.54, 1.807) is 7.11 Å². The number of rotatable bonds is 4. The van der Waals surface area contributed by atoms with Gasteiger partial charge in [0.15, 0.2) is 0 Å². The molecule has 4 heteroatoms. The zero-order valence-corrected chi connectivity index (χ0v) is 12.9. The Hall–Kier alpha value is -2.00. The minimum Gasteiger partial charge on any atom is -0.496 e. The molecule has 0 radical (unpaired) electrons. The standard InChI is InChI=1S/C17H17ClN2O/c1-12-6-5-9-17-19-14(15(11-18)20(12)17)10-13-7-3-4-8-16(13)21-2/h3-9H,10-11H2,1-2H3. The van der Waals surface area contributed by atoms with Crippen molar-refractivity contribution in [1.82, 2.24) is 9.38 Å². The van der Waals surface area contributed by atoms with Gasteiger partial charge < -0.3 is 4.74 Å². The van der Waals surface area contributed by atoms with E-state index in [9.17, 15) is 0 Å². The molecule has 0 amide bonds. The normalized spacial score (nSPS) is 11.0. The van der Waals surface area contributed by atoms with Crippen LogP contribution in [0.4, 0.5) is 0 Å². The Bertz CT molecular complexity index is 780. The first-order valence-electron chi connectivity index (χ1n) is 6.88. The number of pyridine rings is 1. The molecule has 2 aromatic heterocycles. The number of hydrogen-bond acceptors (Lipinski definition) is 2. The molecule has 0 spiro atoms. The second-order valence-corrected chi connectivity index (χ2v) is 5.26. The fourth-order valence-electron chi connectivity index (χ4n) is 2.68. The van der Waals surface area contributed by atoms with E-state index in [-0.39, 0.29) is 0 Å². The van der Waals surface area contributed by atoms with Crippen molar-refractivity contribution in [3.8, 4) is 5.75 Å². The molecule has 3 aromatic rings. The van der Waals surface area contributed by atoms with Gasteiger partial charge in [-0.2, -0.15) is 0 Å². The summed E-state index contributed by atoms with van der Waals surface area (Å²) in [5.41, 5.74) is 5.25. The number of halogens is 1. The van der Waals surface area contributed by atoms with E-state index in [2.05, 4.69) is 23.5 Å². The number of benzene rings is 1. The summed E-state index contributed by atoms with van der Waals surface area (Å²) < 4.78 is 7.54. The molecule has 3 rings (SSSR count). The minimum atomic E-state index is 0.441. The number of hydrogen-bond donors (Lipinski definition) is 0. The number of fused-ring (bicyclic) bond motifs is 1. The van der Waals surface area contributed by atoms with Crippen molar-refractivity contribution in [2.75, 3.05) is 7.11 Å². The lowest BCUT2D eigenvalue weighted by molar-refractivity contribution is 0.410. The fraction of sp³-hybridized carbons (Fsp3) is 0.235. The van der Waals surface area contributed by atoms with E-state index in [0.29, 0.717) is 12.3 Å². The number of aryl methyl sites for hydroxylation is 1. The summed E-state index contributed by atoms with van der Waals surface area (Å²) in [4.78, 5) is 4.74. The van der Waals surface area contributed by atoms with Crippen molar-refractivity contribution < 1.29 is 4.74 Å². The summed E-state index contributed by atoms with van der Waals surface area (Å²) in [6.07, 6.45) is 0.715. The molecule has 0 aliphatic carbocycles. The van der Waals surface area contributed by atoms with Gasteiger partial charge in [0.05, 0.1) is 24.4 Å². The minimum absolute atomic E-state index is 0.441. The first-order valence-corrected chi connectivity index (χ1v) is 7.41. The van der Waals surface area contributed by atoms with Gasteiger partial charge in [-0.05, 0) is 25.1 Å². The molecular formula is C17H17ClN2O. The van der Waals surface area contributed by atoms with E-state index in [4.69, 9.17) is 21.3 Å². The molecule has 108 valence electrons. The number of nitrogens with zero attached hydrogens (tertiary/aromatic N) is 2. The van der Waals surface area contributed by atoms with Gasteiger partial charge in [-0.3, -0.25) is 4.40 Å². The monoisotopic (exact) mass is 300 g/mol. The van der Waals surface area contributed by atoms with E-state index in [0.717, 1.165) is 34.0 Å². The maximum atomic E-state index is 6.17. The van der Waals surface area contributed by atoms with Crippen molar-refractivity contribution in [3.05, 3.63) is 65.1 Å². The average molecular weight is 301 g/mol. The molecule has 3 nitrogen and oxygen atoms in total. The Morgan fingerprint density at radius 1 is 1.14 bits per heavy atom. The number of aromatic nitrogens is 2. The van der Waals surface area contributed by atoms with E-state index < -0.39 is 0 Å². The summed E-state index contributed by atoms with van der Waals surface area (Å²) in [5.74, 6) is 1.32. The molecule has 21 heavy (non-hydrogen) atoms. The molecule has 0 aliphatic heterocycles. The summed E-state index contributed by atoms with van der Waals surface area (Å²) in [7, 11) is 1.69.